The van der Waals surface area contributed by atoms with E-state index in [0.29, 0.717) is 5.56 Å². The second-order valence-electron chi connectivity index (χ2n) is 3.97. The Morgan fingerprint density at radius 3 is 2.47 bits per heavy atom. The highest BCUT2D eigenvalue weighted by molar-refractivity contribution is 8.13. The van der Waals surface area contributed by atoms with Crippen LogP contribution in [0.3, 0.4) is 0 Å². The van der Waals surface area contributed by atoms with Gasteiger partial charge in [0.25, 0.3) is 0 Å². The van der Waals surface area contributed by atoms with E-state index in [4.69, 9.17) is 10.8 Å². The summed E-state index contributed by atoms with van der Waals surface area (Å²) in [4.78, 5) is 21.5. The molecule has 0 aliphatic rings. The number of aliphatic hydroxyl groups excluding tert-OH is 2. The van der Waals surface area contributed by atoms with E-state index in [0.717, 1.165) is 11.8 Å². The third-order valence-corrected chi connectivity index (χ3v) is 3.38. The Morgan fingerprint density at radius 1 is 1.37 bits per heavy atom. The number of anilines is 1. The zero-order valence-electron chi connectivity index (χ0n) is 10.2. The van der Waals surface area contributed by atoms with Crippen molar-refractivity contribution >= 4 is 28.5 Å². The molecule has 2 atom stereocenters. The van der Waals surface area contributed by atoms with Crippen LogP contribution < -0.4 is 5.73 Å². The summed E-state index contributed by atoms with van der Waals surface area (Å²) in [6.45, 7) is 1.36. The molecule has 0 saturated heterocycles. The van der Waals surface area contributed by atoms with Gasteiger partial charge in [-0.25, -0.2) is 4.79 Å². The van der Waals surface area contributed by atoms with E-state index in [9.17, 15) is 19.8 Å². The summed E-state index contributed by atoms with van der Waals surface area (Å²) in [5, 5.41) is 28.2. The van der Waals surface area contributed by atoms with Crippen LogP contribution in [0.25, 0.3) is 0 Å². The fourth-order valence-electron chi connectivity index (χ4n) is 1.48. The fraction of sp³-hybridized carbons (Fsp3) is 0.333. The molecule has 0 bridgehead atoms. The van der Waals surface area contributed by atoms with Crippen molar-refractivity contribution in [2.75, 3.05) is 11.5 Å². The number of aromatic carboxylic acids is 1. The highest BCUT2D eigenvalue weighted by Crippen LogP contribution is 2.24. The first kappa shape index (κ1) is 15.5. The lowest BCUT2D eigenvalue weighted by Gasteiger charge is -2.18. The van der Waals surface area contributed by atoms with Crippen LogP contribution >= 0.6 is 11.8 Å². The summed E-state index contributed by atoms with van der Waals surface area (Å²) in [5.74, 6) is -1.11. The Labute approximate surface area is 114 Å². The maximum Gasteiger partial charge on any atom is 0.337 e. The lowest BCUT2D eigenvalue weighted by atomic mass is 10.0. The predicted octanol–water partition coefficient (Wildman–Crippen LogP) is 0.641. The van der Waals surface area contributed by atoms with Gasteiger partial charge in [0.15, 0.2) is 5.12 Å². The van der Waals surface area contributed by atoms with Crippen LogP contribution in [-0.4, -0.2) is 38.3 Å². The highest BCUT2D eigenvalue weighted by Gasteiger charge is 2.20. The van der Waals surface area contributed by atoms with E-state index in [-0.39, 0.29) is 22.1 Å². The molecule has 0 aliphatic heterocycles. The average Bonchev–Trinajstić information content (AvgIpc) is 2.34. The molecule has 104 valence electrons. The maximum atomic E-state index is 10.8. The number of carboxylic acid groups (broad SMARTS) is 1. The third-order valence-electron chi connectivity index (χ3n) is 2.47. The zero-order chi connectivity index (χ0) is 14.6. The molecule has 0 radical (unpaired) electrons. The van der Waals surface area contributed by atoms with Gasteiger partial charge in [0.05, 0.1) is 11.7 Å². The molecule has 0 saturated carbocycles. The monoisotopic (exact) mass is 285 g/mol. The molecule has 0 aromatic heterocycles. The minimum atomic E-state index is -1.23. The van der Waals surface area contributed by atoms with Crippen molar-refractivity contribution < 1.29 is 24.9 Å². The van der Waals surface area contributed by atoms with Gasteiger partial charge in [0.2, 0.25) is 0 Å². The van der Waals surface area contributed by atoms with Crippen LogP contribution in [0.4, 0.5) is 5.69 Å². The molecule has 6 nitrogen and oxygen atoms in total. The topological polar surface area (TPSA) is 121 Å². The van der Waals surface area contributed by atoms with Gasteiger partial charge >= 0.3 is 5.97 Å². The standard InChI is InChI=1S/C12H15NO5S/c1-6(14)19-5-10(15)11(16)7-2-3-8(12(17)18)9(13)4-7/h2-4,10-11,15-16H,5,13H2,1H3,(H,17,18). The molecule has 2 unspecified atom stereocenters. The van der Waals surface area contributed by atoms with Gasteiger partial charge in [-0.3, -0.25) is 4.79 Å². The molecule has 1 rings (SSSR count). The molecule has 1 aromatic carbocycles. The number of benzene rings is 1. The lowest BCUT2D eigenvalue weighted by Crippen LogP contribution is -2.21. The Balaban J connectivity index is 2.82. The van der Waals surface area contributed by atoms with E-state index in [1.54, 1.807) is 0 Å². The molecule has 5 N–H and O–H groups in total. The van der Waals surface area contributed by atoms with Crippen LogP contribution in [0, 0.1) is 0 Å². The van der Waals surface area contributed by atoms with E-state index < -0.39 is 18.2 Å². The summed E-state index contributed by atoms with van der Waals surface area (Å²) in [5.41, 5.74) is 5.80. The van der Waals surface area contributed by atoms with E-state index in [1.165, 1.54) is 25.1 Å². The number of carbonyl (C=O) groups excluding carboxylic acids is 1. The third kappa shape index (κ3) is 4.23. The molecule has 19 heavy (non-hydrogen) atoms. The van der Waals surface area contributed by atoms with Crippen LogP contribution in [0.5, 0.6) is 0 Å². The molecule has 0 spiro atoms. The van der Waals surface area contributed by atoms with Gasteiger partial charge in [0, 0.05) is 18.4 Å². The summed E-state index contributed by atoms with van der Waals surface area (Å²) in [7, 11) is 0. The molecule has 0 heterocycles. The van der Waals surface area contributed by atoms with Crippen molar-refractivity contribution in [3.63, 3.8) is 0 Å². The van der Waals surface area contributed by atoms with Crippen molar-refractivity contribution in [2.24, 2.45) is 0 Å². The number of thioether (sulfide) groups is 1. The molecule has 0 aliphatic carbocycles. The molecular weight excluding hydrogens is 270 g/mol. The molecular formula is C12H15NO5S. The fourth-order valence-corrected chi connectivity index (χ4v) is 2.06. The first-order chi connectivity index (χ1) is 8.82. The van der Waals surface area contributed by atoms with Crippen molar-refractivity contribution in [2.45, 2.75) is 19.1 Å². The zero-order valence-corrected chi connectivity index (χ0v) is 11.1. The smallest absolute Gasteiger partial charge is 0.337 e. The Hall–Kier alpha value is -1.57. The van der Waals surface area contributed by atoms with Crippen molar-refractivity contribution in [1.29, 1.82) is 0 Å². The van der Waals surface area contributed by atoms with E-state index >= 15 is 0 Å². The molecule has 0 amide bonds. The number of nitrogen functional groups attached to an aromatic ring is 1. The van der Waals surface area contributed by atoms with Crippen LogP contribution in [0.1, 0.15) is 28.9 Å². The van der Waals surface area contributed by atoms with Gasteiger partial charge in [0.1, 0.15) is 6.10 Å². The number of carbonyl (C=O) groups is 2. The van der Waals surface area contributed by atoms with Crippen LogP contribution in [-0.2, 0) is 4.79 Å². The summed E-state index contributed by atoms with van der Waals surface area (Å²) in [6.07, 6.45) is -2.36. The molecule has 0 fully saturated rings. The summed E-state index contributed by atoms with van der Waals surface area (Å²) in [6, 6.07) is 3.95. The number of rotatable bonds is 5. The number of hydrogen-bond donors (Lipinski definition) is 4. The number of aliphatic hydroxyl groups is 2. The SMILES string of the molecule is CC(=O)SCC(O)C(O)c1ccc(C(=O)O)c(N)c1. The largest absolute Gasteiger partial charge is 0.478 e. The van der Waals surface area contributed by atoms with Crippen molar-refractivity contribution in [3.8, 4) is 0 Å². The molecule has 7 heteroatoms. The average molecular weight is 285 g/mol. The van der Waals surface area contributed by atoms with Gasteiger partial charge in [-0.15, -0.1) is 0 Å². The lowest BCUT2D eigenvalue weighted by molar-refractivity contribution is -0.109. The first-order valence-corrected chi connectivity index (χ1v) is 6.43. The van der Waals surface area contributed by atoms with Crippen LogP contribution in [0.2, 0.25) is 0 Å². The Morgan fingerprint density at radius 2 is 2.00 bits per heavy atom. The Bertz CT molecular complexity index is 491. The number of carboxylic acids is 1. The van der Waals surface area contributed by atoms with Gasteiger partial charge in [-0.1, -0.05) is 17.8 Å². The quantitative estimate of drug-likeness (QED) is 0.586. The second-order valence-corrected chi connectivity index (χ2v) is 5.16. The highest BCUT2D eigenvalue weighted by atomic mass is 32.2. The number of nitrogens with two attached hydrogens (primary N) is 1. The van der Waals surface area contributed by atoms with Gasteiger partial charge in [-0.05, 0) is 17.7 Å². The Kier molecular flexibility index (Phi) is 5.34. The van der Waals surface area contributed by atoms with Crippen molar-refractivity contribution in [1.82, 2.24) is 0 Å². The maximum absolute atomic E-state index is 10.8. The molecule has 1 aromatic rings. The summed E-state index contributed by atoms with van der Waals surface area (Å²) >= 11 is 0.900. The normalized spacial score (nSPS) is 13.8. The van der Waals surface area contributed by atoms with Gasteiger partial charge < -0.3 is 21.1 Å². The minimum Gasteiger partial charge on any atom is -0.478 e. The summed E-state index contributed by atoms with van der Waals surface area (Å²) < 4.78 is 0. The van der Waals surface area contributed by atoms with Crippen LogP contribution in [0.15, 0.2) is 18.2 Å². The second kappa shape index (κ2) is 6.55. The van der Waals surface area contributed by atoms with E-state index in [1.807, 2.05) is 0 Å². The van der Waals surface area contributed by atoms with E-state index in [2.05, 4.69) is 0 Å². The minimum absolute atomic E-state index is 0.00970. The van der Waals surface area contributed by atoms with Crippen molar-refractivity contribution in [3.05, 3.63) is 29.3 Å². The van der Waals surface area contributed by atoms with Gasteiger partial charge in [-0.2, -0.15) is 0 Å². The first-order valence-electron chi connectivity index (χ1n) is 5.45. The predicted molar refractivity (Wildman–Crippen MR) is 71.9 cm³/mol. The number of hydrogen-bond acceptors (Lipinski definition) is 6.